The number of hydrogen-bond acceptors (Lipinski definition) is 4. The number of rotatable bonds is 7. The van der Waals surface area contributed by atoms with Gasteiger partial charge in [0, 0.05) is 36.6 Å². The van der Waals surface area contributed by atoms with Gasteiger partial charge in [0.15, 0.2) is 5.96 Å². The maximum atomic E-state index is 4.68. The van der Waals surface area contributed by atoms with Crippen LogP contribution in [0.15, 0.2) is 35.5 Å². The molecule has 0 amide bonds. The highest BCUT2D eigenvalue weighted by Crippen LogP contribution is 2.16. The number of aliphatic imine (C=N–C) groups is 1. The summed E-state index contributed by atoms with van der Waals surface area (Å²) in [5, 5.41) is 6.70. The molecule has 2 N–H and O–H groups in total. The second-order valence-electron chi connectivity index (χ2n) is 5.69. The summed E-state index contributed by atoms with van der Waals surface area (Å²) < 4.78 is 0. The second-order valence-corrected chi connectivity index (χ2v) is 6.94. The number of guanidine groups is 1. The number of anilines is 1. The lowest BCUT2D eigenvalue weighted by molar-refractivity contribution is 0.823. The van der Waals surface area contributed by atoms with E-state index < -0.39 is 0 Å². The van der Waals surface area contributed by atoms with Crippen LogP contribution >= 0.6 is 11.3 Å². The Kier molecular flexibility index (Phi) is 7.06. The highest BCUT2D eigenvalue weighted by atomic mass is 32.1. The Balaban J connectivity index is 1.98. The topological polar surface area (TPSA) is 52.6 Å². The molecule has 0 bridgehead atoms. The van der Waals surface area contributed by atoms with Crippen molar-refractivity contribution in [2.45, 2.75) is 33.4 Å². The quantitative estimate of drug-likeness (QED) is 0.598. The molecule has 0 spiro atoms. The Morgan fingerprint density at radius 3 is 2.62 bits per heavy atom. The predicted octanol–water partition coefficient (Wildman–Crippen LogP) is 3.03. The van der Waals surface area contributed by atoms with E-state index in [4.69, 9.17) is 0 Å². The number of pyridine rings is 1. The highest BCUT2D eigenvalue weighted by molar-refractivity contribution is 7.11. The summed E-state index contributed by atoms with van der Waals surface area (Å²) in [5.41, 5.74) is 1.15. The molecule has 0 aromatic carbocycles. The Morgan fingerprint density at radius 2 is 1.96 bits per heavy atom. The van der Waals surface area contributed by atoms with Crippen LogP contribution in [-0.2, 0) is 19.5 Å². The molecule has 0 aliphatic heterocycles. The third-order valence-electron chi connectivity index (χ3n) is 3.53. The van der Waals surface area contributed by atoms with Crippen molar-refractivity contribution in [1.82, 2.24) is 15.6 Å². The Bertz CT molecular complexity index is 663. The SMILES string of the molecule is CCNC(=NCc1ccnc(N(C)C)c1)NCc1ccc(CC)s1. The summed E-state index contributed by atoms with van der Waals surface area (Å²) in [4.78, 5) is 13.8. The zero-order valence-corrected chi connectivity index (χ0v) is 15.8. The van der Waals surface area contributed by atoms with Gasteiger partial charge in [0.1, 0.15) is 5.82 Å². The maximum absolute atomic E-state index is 4.68. The van der Waals surface area contributed by atoms with Crippen molar-refractivity contribution in [3.8, 4) is 0 Å². The van der Waals surface area contributed by atoms with Crippen molar-refractivity contribution in [1.29, 1.82) is 0 Å². The average Bonchev–Trinajstić information content (AvgIpc) is 3.05. The third-order valence-corrected chi connectivity index (χ3v) is 4.76. The molecule has 2 aromatic heterocycles. The van der Waals surface area contributed by atoms with Crippen LogP contribution in [0.4, 0.5) is 5.82 Å². The molecule has 0 unspecified atom stereocenters. The van der Waals surface area contributed by atoms with E-state index in [-0.39, 0.29) is 0 Å². The lowest BCUT2D eigenvalue weighted by Crippen LogP contribution is -2.36. The maximum Gasteiger partial charge on any atom is 0.191 e. The molecule has 5 nitrogen and oxygen atoms in total. The second kappa shape index (κ2) is 9.27. The lowest BCUT2D eigenvalue weighted by atomic mass is 10.2. The zero-order valence-electron chi connectivity index (χ0n) is 15.0. The molecule has 0 radical (unpaired) electrons. The van der Waals surface area contributed by atoms with Crippen molar-refractivity contribution in [2.24, 2.45) is 4.99 Å². The molecule has 0 saturated carbocycles. The van der Waals surface area contributed by atoms with E-state index in [1.54, 1.807) is 0 Å². The van der Waals surface area contributed by atoms with E-state index in [2.05, 4.69) is 52.7 Å². The van der Waals surface area contributed by atoms with Gasteiger partial charge in [0.25, 0.3) is 0 Å². The molecular formula is C18H27N5S. The largest absolute Gasteiger partial charge is 0.363 e. The molecule has 2 aromatic rings. The fourth-order valence-electron chi connectivity index (χ4n) is 2.19. The van der Waals surface area contributed by atoms with Gasteiger partial charge < -0.3 is 15.5 Å². The first kappa shape index (κ1) is 18.3. The average molecular weight is 346 g/mol. The minimum atomic E-state index is 0.628. The van der Waals surface area contributed by atoms with Gasteiger partial charge in [-0.15, -0.1) is 11.3 Å². The first-order chi connectivity index (χ1) is 11.6. The fraction of sp³-hybridized carbons (Fsp3) is 0.444. The van der Waals surface area contributed by atoms with Gasteiger partial charge in [0.2, 0.25) is 0 Å². The molecule has 0 aliphatic carbocycles. The number of nitrogens with zero attached hydrogens (tertiary/aromatic N) is 3. The van der Waals surface area contributed by atoms with E-state index in [0.29, 0.717) is 6.54 Å². The summed E-state index contributed by atoms with van der Waals surface area (Å²) in [5.74, 6) is 1.79. The van der Waals surface area contributed by atoms with Gasteiger partial charge in [-0.05, 0) is 43.2 Å². The molecule has 0 aliphatic rings. The highest BCUT2D eigenvalue weighted by Gasteiger charge is 2.03. The summed E-state index contributed by atoms with van der Waals surface area (Å²) >= 11 is 1.85. The Morgan fingerprint density at radius 1 is 1.17 bits per heavy atom. The summed E-state index contributed by atoms with van der Waals surface area (Å²) in [6.45, 7) is 6.54. The molecule has 24 heavy (non-hydrogen) atoms. The Hall–Kier alpha value is -2.08. The van der Waals surface area contributed by atoms with Crippen LogP contribution in [0.5, 0.6) is 0 Å². The molecule has 2 heterocycles. The molecule has 130 valence electrons. The normalized spacial score (nSPS) is 11.4. The number of nitrogens with one attached hydrogen (secondary N) is 2. The van der Waals surface area contributed by atoms with Crippen LogP contribution in [-0.4, -0.2) is 31.6 Å². The number of aryl methyl sites for hydroxylation is 1. The molecule has 0 saturated heterocycles. The minimum absolute atomic E-state index is 0.628. The summed E-state index contributed by atoms with van der Waals surface area (Å²) in [6.07, 6.45) is 2.92. The van der Waals surface area contributed by atoms with Gasteiger partial charge >= 0.3 is 0 Å². The molecule has 0 fully saturated rings. The van der Waals surface area contributed by atoms with E-state index >= 15 is 0 Å². The predicted molar refractivity (Wildman–Crippen MR) is 104 cm³/mol. The lowest BCUT2D eigenvalue weighted by Gasteiger charge is -2.12. The van der Waals surface area contributed by atoms with Crippen LogP contribution in [0.2, 0.25) is 0 Å². The molecule has 2 rings (SSSR count). The summed E-state index contributed by atoms with van der Waals surface area (Å²) in [6, 6.07) is 8.46. The monoisotopic (exact) mass is 345 g/mol. The van der Waals surface area contributed by atoms with Gasteiger partial charge in [-0.3, -0.25) is 0 Å². The van der Waals surface area contributed by atoms with Crippen molar-refractivity contribution in [3.05, 3.63) is 45.8 Å². The molecule has 6 heteroatoms. The van der Waals surface area contributed by atoms with Crippen LogP contribution < -0.4 is 15.5 Å². The van der Waals surface area contributed by atoms with Gasteiger partial charge in [-0.2, -0.15) is 0 Å². The molecular weight excluding hydrogens is 318 g/mol. The number of thiophene rings is 1. The van der Waals surface area contributed by atoms with Crippen molar-refractivity contribution >= 4 is 23.1 Å². The van der Waals surface area contributed by atoms with Crippen molar-refractivity contribution in [3.63, 3.8) is 0 Å². The van der Waals surface area contributed by atoms with Gasteiger partial charge in [0.05, 0.1) is 13.1 Å². The summed E-state index contributed by atoms with van der Waals surface area (Å²) in [7, 11) is 3.99. The minimum Gasteiger partial charge on any atom is -0.363 e. The van der Waals surface area contributed by atoms with Crippen LogP contribution in [0, 0.1) is 0 Å². The third kappa shape index (κ3) is 5.53. The van der Waals surface area contributed by atoms with Crippen LogP contribution in [0.3, 0.4) is 0 Å². The molecule has 0 atom stereocenters. The van der Waals surface area contributed by atoms with Gasteiger partial charge in [-0.1, -0.05) is 6.92 Å². The van der Waals surface area contributed by atoms with E-state index in [1.807, 2.05) is 42.6 Å². The number of aromatic nitrogens is 1. The van der Waals surface area contributed by atoms with E-state index in [9.17, 15) is 0 Å². The van der Waals surface area contributed by atoms with Crippen LogP contribution in [0.25, 0.3) is 0 Å². The zero-order chi connectivity index (χ0) is 17.4. The van der Waals surface area contributed by atoms with Crippen molar-refractivity contribution in [2.75, 3.05) is 25.5 Å². The van der Waals surface area contributed by atoms with Crippen molar-refractivity contribution < 1.29 is 0 Å². The fourth-order valence-corrected chi connectivity index (χ4v) is 3.09. The van der Waals surface area contributed by atoms with Crippen LogP contribution in [0.1, 0.15) is 29.2 Å². The Labute approximate surface area is 148 Å². The smallest absolute Gasteiger partial charge is 0.191 e. The standard InChI is InChI=1S/C18H27N5S/c1-5-15-7-8-16(24-15)13-22-18(19-6-2)21-12-14-9-10-20-17(11-14)23(3)4/h7-11H,5-6,12-13H2,1-4H3,(H2,19,21,22). The first-order valence-electron chi connectivity index (χ1n) is 8.34. The van der Waals surface area contributed by atoms with E-state index in [1.165, 1.54) is 9.75 Å². The first-order valence-corrected chi connectivity index (χ1v) is 9.16. The van der Waals surface area contributed by atoms with Gasteiger partial charge in [-0.25, -0.2) is 9.98 Å². The van der Waals surface area contributed by atoms with E-state index in [0.717, 1.165) is 36.9 Å². The number of hydrogen-bond donors (Lipinski definition) is 2.